The van der Waals surface area contributed by atoms with Crippen molar-refractivity contribution in [1.29, 1.82) is 0 Å². The van der Waals surface area contributed by atoms with E-state index in [1.807, 2.05) is 0 Å². The zero-order chi connectivity index (χ0) is 12.8. The molecule has 0 saturated heterocycles. The summed E-state index contributed by atoms with van der Waals surface area (Å²) in [5.74, 6) is 0. The van der Waals surface area contributed by atoms with Crippen molar-refractivity contribution >= 4 is 10.8 Å². The SMILES string of the molecule is CCCc1ccc2cccc3c2c1-c1ccccc1-3. The Balaban J connectivity index is 2.18. The lowest BCUT2D eigenvalue weighted by atomic mass is 9.95. The van der Waals surface area contributed by atoms with Gasteiger partial charge in [-0.25, -0.2) is 0 Å². The third kappa shape index (κ3) is 1.40. The van der Waals surface area contributed by atoms with Crippen molar-refractivity contribution in [3.05, 3.63) is 60.2 Å². The van der Waals surface area contributed by atoms with Gasteiger partial charge in [-0.3, -0.25) is 0 Å². The lowest BCUT2D eigenvalue weighted by molar-refractivity contribution is 0.925. The molecule has 0 fully saturated rings. The van der Waals surface area contributed by atoms with Gasteiger partial charge in [-0.15, -0.1) is 0 Å². The van der Waals surface area contributed by atoms with E-state index in [9.17, 15) is 0 Å². The molecular weight excluding hydrogens is 228 g/mol. The first-order valence-corrected chi connectivity index (χ1v) is 7.04. The standard InChI is InChI=1S/C19H16/c1-2-6-13-11-12-14-7-5-10-17-15-8-3-4-9-16(15)18(13)19(14)17/h3-5,7-12H,2,6H2,1H3. The molecule has 0 N–H and O–H groups in total. The van der Waals surface area contributed by atoms with E-state index in [0.717, 1.165) is 6.42 Å². The van der Waals surface area contributed by atoms with Gasteiger partial charge in [-0.1, -0.05) is 67.9 Å². The van der Waals surface area contributed by atoms with Gasteiger partial charge in [0.15, 0.2) is 0 Å². The Hall–Kier alpha value is -2.08. The van der Waals surface area contributed by atoms with Crippen molar-refractivity contribution in [2.45, 2.75) is 19.8 Å². The highest BCUT2D eigenvalue weighted by Gasteiger charge is 2.22. The van der Waals surface area contributed by atoms with Crippen LogP contribution >= 0.6 is 0 Å². The highest BCUT2D eigenvalue weighted by molar-refractivity contribution is 6.16. The number of rotatable bonds is 2. The summed E-state index contributed by atoms with van der Waals surface area (Å²) in [7, 11) is 0. The second kappa shape index (κ2) is 3.96. The summed E-state index contributed by atoms with van der Waals surface area (Å²) >= 11 is 0. The summed E-state index contributed by atoms with van der Waals surface area (Å²) in [5.41, 5.74) is 7.18. The van der Waals surface area contributed by atoms with Crippen molar-refractivity contribution < 1.29 is 0 Å². The molecule has 0 atom stereocenters. The van der Waals surface area contributed by atoms with Crippen LogP contribution in [0.2, 0.25) is 0 Å². The van der Waals surface area contributed by atoms with Crippen molar-refractivity contribution in [3.8, 4) is 22.3 Å². The highest BCUT2D eigenvalue weighted by atomic mass is 14.3. The number of hydrogen-bond acceptors (Lipinski definition) is 0. The van der Waals surface area contributed by atoms with Gasteiger partial charge in [0.2, 0.25) is 0 Å². The number of fused-ring (bicyclic) bond motifs is 3. The molecule has 1 aliphatic rings. The quantitative estimate of drug-likeness (QED) is 0.440. The van der Waals surface area contributed by atoms with Crippen LogP contribution in [-0.2, 0) is 6.42 Å². The van der Waals surface area contributed by atoms with E-state index in [0.29, 0.717) is 0 Å². The molecule has 0 aliphatic heterocycles. The summed E-state index contributed by atoms with van der Waals surface area (Å²) in [6.45, 7) is 2.25. The van der Waals surface area contributed by atoms with Gasteiger partial charge in [-0.05, 0) is 45.0 Å². The summed E-state index contributed by atoms with van der Waals surface area (Å²) in [6.07, 6.45) is 2.36. The average molecular weight is 244 g/mol. The molecule has 19 heavy (non-hydrogen) atoms. The monoisotopic (exact) mass is 244 g/mol. The van der Waals surface area contributed by atoms with Crippen LogP contribution in [0, 0.1) is 0 Å². The molecule has 0 heterocycles. The fraction of sp³-hybridized carbons (Fsp3) is 0.158. The molecule has 0 amide bonds. The molecule has 3 aromatic carbocycles. The maximum atomic E-state index is 2.31. The van der Waals surface area contributed by atoms with Gasteiger partial charge in [0.05, 0.1) is 0 Å². The molecule has 0 spiro atoms. The second-order valence-corrected chi connectivity index (χ2v) is 5.30. The minimum Gasteiger partial charge on any atom is -0.0651 e. The second-order valence-electron chi connectivity index (χ2n) is 5.30. The molecule has 0 aromatic heterocycles. The van der Waals surface area contributed by atoms with Gasteiger partial charge in [0, 0.05) is 0 Å². The van der Waals surface area contributed by atoms with E-state index < -0.39 is 0 Å². The fourth-order valence-corrected chi connectivity index (χ4v) is 3.37. The number of benzene rings is 3. The zero-order valence-corrected chi connectivity index (χ0v) is 11.1. The smallest absolute Gasteiger partial charge is 0.00236 e. The third-order valence-electron chi connectivity index (χ3n) is 4.14. The Morgan fingerprint density at radius 1 is 0.737 bits per heavy atom. The van der Waals surface area contributed by atoms with E-state index in [-0.39, 0.29) is 0 Å². The van der Waals surface area contributed by atoms with Gasteiger partial charge >= 0.3 is 0 Å². The molecule has 0 bridgehead atoms. The highest BCUT2D eigenvalue weighted by Crippen LogP contribution is 2.48. The van der Waals surface area contributed by atoms with Crippen LogP contribution in [0.1, 0.15) is 18.9 Å². The van der Waals surface area contributed by atoms with Crippen LogP contribution in [0.5, 0.6) is 0 Å². The molecule has 0 unspecified atom stereocenters. The Bertz CT molecular complexity index is 781. The summed E-state index contributed by atoms with van der Waals surface area (Å²) in [4.78, 5) is 0. The van der Waals surface area contributed by atoms with Crippen LogP contribution in [0.4, 0.5) is 0 Å². The van der Waals surface area contributed by atoms with Crippen LogP contribution in [0.3, 0.4) is 0 Å². The Morgan fingerprint density at radius 2 is 1.53 bits per heavy atom. The van der Waals surface area contributed by atoms with E-state index >= 15 is 0 Å². The third-order valence-corrected chi connectivity index (χ3v) is 4.14. The maximum absolute atomic E-state index is 2.31. The van der Waals surface area contributed by atoms with Crippen molar-refractivity contribution in [1.82, 2.24) is 0 Å². The topological polar surface area (TPSA) is 0 Å². The van der Waals surface area contributed by atoms with Crippen LogP contribution in [0.25, 0.3) is 33.0 Å². The van der Waals surface area contributed by atoms with Gasteiger partial charge in [-0.2, -0.15) is 0 Å². The first-order chi connectivity index (χ1) is 9.40. The first kappa shape index (κ1) is 10.8. The maximum Gasteiger partial charge on any atom is -0.00236 e. The van der Waals surface area contributed by atoms with Gasteiger partial charge in [0.25, 0.3) is 0 Å². The Morgan fingerprint density at radius 3 is 2.37 bits per heavy atom. The molecule has 0 saturated carbocycles. The van der Waals surface area contributed by atoms with E-state index in [4.69, 9.17) is 0 Å². The van der Waals surface area contributed by atoms with Crippen molar-refractivity contribution in [3.63, 3.8) is 0 Å². The lowest BCUT2D eigenvalue weighted by Crippen LogP contribution is -1.88. The minimum absolute atomic E-state index is 1.16. The van der Waals surface area contributed by atoms with E-state index in [1.54, 1.807) is 0 Å². The number of hydrogen-bond donors (Lipinski definition) is 0. The van der Waals surface area contributed by atoms with Crippen LogP contribution < -0.4 is 0 Å². The van der Waals surface area contributed by atoms with E-state index in [1.165, 1.54) is 45.0 Å². The fourth-order valence-electron chi connectivity index (χ4n) is 3.37. The molecule has 92 valence electrons. The Labute approximate surface area is 113 Å². The zero-order valence-electron chi connectivity index (χ0n) is 11.1. The predicted molar refractivity (Wildman–Crippen MR) is 82.4 cm³/mol. The summed E-state index contributed by atoms with van der Waals surface area (Å²) in [5, 5.41) is 2.82. The molecule has 0 nitrogen and oxygen atoms in total. The molecular formula is C19H16. The normalized spacial score (nSPS) is 11.8. The molecule has 0 radical (unpaired) electrons. The van der Waals surface area contributed by atoms with Crippen LogP contribution in [-0.4, -0.2) is 0 Å². The van der Waals surface area contributed by atoms with Gasteiger partial charge in [0.1, 0.15) is 0 Å². The lowest BCUT2D eigenvalue weighted by Gasteiger charge is -2.09. The minimum atomic E-state index is 1.16. The van der Waals surface area contributed by atoms with E-state index in [2.05, 4.69) is 61.5 Å². The van der Waals surface area contributed by atoms with Crippen molar-refractivity contribution in [2.75, 3.05) is 0 Å². The average Bonchev–Trinajstić information content (AvgIpc) is 2.80. The molecule has 4 rings (SSSR count). The predicted octanol–water partition coefficient (Wildman–Crippen LogP) is 5.44. The largest absolute Gasteiger partial charge is 0.0651 e. The number of aryl methyl sites for hydroxylation is 1. The van der Waals surface area contributed by atoms with Gasteiger partial charge < -0.3 is 0 Å². The Kier molecular flexibility index (Phi) is 2.25. The molecule has 1 aliphatic carbocycles. The summed E-state index contributed by atoms with van der Waals surface area (Å²) in [6, 6.07) is 20.1. The summed E-state index contributed by atoms with van der Waals surface area (Å²) < 4.78 is 0. The molecule has 3 aromatic rings. The molecule has 0 heteroatoms. The van der Waals surface area contributed by atoms with Crippen LogP contribution in [0.15, 0.2) is 54.6 Å². The first-order valence-electron chi connectivity index (χ1n) is 7.04. The van der Waals surface area contributed by atoms with Crippen molar-refractivity contribution in [2.24, 2.45) is 0 Å².